The van der Waals surface area contributed by atoms with Crippen molar-refractivity contribution in [2.75, 3.05) is 39.6 Å². The molecule has 2 aromatic rings. The normalized spacial score (nSPS) is 20.0. The first kappa shape index (κ1) is 26.3. The number of ether oxygens (including phenoxy) is 4. The molecule has 1 aromatic heterocycles. The third kappa shape index (κ3) is 7.89. The molecule has 0 aliphatic carbocycles. The number of carbonyl (C=O) groups excluding carboxylic acids is 1. The number of thiophene rings is 1. The lowest BCUT2D eigenvalue weighted by Crippen LogP contribution is -2.39. The average Bonchev–Trinajstić information content (AvgIpc) is 3.38. The van der Waals surface area contributed by atoms with E-state index in [1.54, 1.807) is 23.5 Å². The molecule has 1 amide bonds. The summed E-state index contributed by atoms with van der Waals surface area (Å²) in [6.45, 7) is 4.22. The molecule has 1 aromatic carbocycles. The van der Waals surface area contributed by atoms with Gasteiger partial charge in [0.25, 0.3) is 5.91 Å². The van der Waals surface area contributed by atoms with Gasteiger partial charge in [-0.2, -0.15) is 11.3 Å². The lowest BCUT2D eigenvalue weighted by Gasteiger charge is -2.36. The second kappa shape index (κ2) is 14.2. The summed E-state index contributed by atoms with van der Waals surface area (Å²) < 4.78 is 36.0. The summed E-state index contributed by atoms with van der Waals surface area (Å²) in [5, 5.41) is 15.7. The fraction of sp³-hybridized carbons (Fsp3) is 0.480. The number of carbonyl (C=O) groups is 1. The molecule has 0 bridgehead atoms. The molecule has 1 aliphatic heterocycles. The van der Waals surface area contributed by atoms with Crippen LogP contribution in [-0.2, 0) is 30.3 Å². The van der Waals surface area contributed by atoms with Crippen molar-refractivity contribution in [3.8, 4) is 0 Å². The monoisotopic (exact) mass is 493 g/mol. The van der Waals surface area contributed by atoms with Crippen molar-refractivity contribution in [1.82, 2.24) is 5.32 Å². The van der Waals surface area contributed by atoms with Crippen LogP contribution in [-0.4, -0.2) is 56.9 Å². The Kier molecular flexibility index (Phi) is 11.0. The number of allylic oxidation sites excluding steroid dienone is 1. The Hall–Kier alpha value is -2.30. The number of halogens is 1. The number of nitrogens with one attached hydrogen (secondary N) is 1. The van der Waals surface area contributed by atoms with Gasteiger partial charge in [0.1, 0.15) is 5.82 Å². The van der Waals surface area contributed by atoms with E-state index in [1.807, 2.05) is 24.4 Å². The number of amides is 1. The predicted molar refractivity (Wildman–Crippen MR) is 127 cm³/mol. The molecule has 2 N–H and O–H groups in total. The topological polar surface area (TPSA) is 86.3 Å². The minimum atomic E-state index is -0.597. The zero-order valence-electron chi connectivity index (χ0n) is 19.3. The Bertz CT molecular complexity index is 889. The van der Waals surface area contributed by atoms with Gasteiger partial charge in [-0.1, -0.05) is 12.1 Å². The van der Waals surface area contributed by atoms with Gasteiger partial charge in [0.05, 0.1) is 26.4 Å². The van der Waals surface area contributed by atoms with Gasteiger partial charge in [0, 0.05) is 31.6 Å². The predicted octanol–water partition coefficient (Wildman–Crippen LogP) is 3.60. The average molecular weight is 494 g/mol. The van der Waals surface area contributed by atoms with Crippen molar-refractivity contribution >= 4 is 17.2 Å². The Morgan fingerprint density at radius 3 is 2.59 bits per heavy atom. The second-order valence-corrected chi connectivity index (χ2v) is 8.55. The quantitative estimate of drug-likeness (QED) is 0.391. The molecule has 2 heterocycles. The van der Waals surface area contributed by atoms with Crippen molar-refractivity contribution in [3.63, 3.8) is 0 Å². The summed E-state index contributed by atoms with van der Waals surface area (Å²) in [6, 6.07) is 8.04. The van der Waals surface area contributed by atoms with Gasteiger partial charge in [0.2, 0.25) is 6.29 Å². The molecule has 0 unspecified atom stereocenters. The van der Waals surface area contributed by atoms with E-state index in [1.165, 1.54) is 12.1 Å². The van der Waals surface area contributed by atoms with Gasteiger partial charge < -0.3 is 29.4 Å². The van der Waals surface area contributed by atoms with Gasteiger partial charge in [-0.05, 0) is 59.5 Å². The first-order valence-corrected chi connectivity index (χ1v) is 12.4. The van der Waals surface area contributed by atoms with Crippen LogP contribution in [0.4, 0.5) is 4.39 Å². The van der Waals surface area contributed by atoms with Crippen LogP contribution in [0.15, 0.2) is 52.9 Å². The van der Waals surface area contributed by atoms with E-state index in [4.69, 9.17) is 24.1 Å². The zero-order valence-corrected chi connectivity index (χ0v) is 20.1. The molecule has 0 spiro atoms. The maximum Gasteiger partial charge on any atom is 0.286 e. The van der Waals surface area contributed by atoms with Crippen molar-refractivity contribution in [2.45, 2.75) is 32.1 Å². The SMILES string of the molecule is CCO[C@@H]1OC(C(=O)NCc2ccc(F)cc2)=C[C@H](c2ccsc2)[C@@H]1CCOCCOCCO. The molecule has 0 saturated heterocycles. The van der Waals surface area contributed by atoms with Gasteiger partial charge >= 0.3 is 0 Å². The van der Waals surface area contributed by atoms with E-state index >= 15 is 0 Å². The van der Waals surface area contributed by atoms with Crippen LogP contribution in [0.2, 0.25) is 0 Å². The minimum Gasteiger partial charge on any atom is -0.459 e. The standard InChI is InChI=1S/C25H32FNO6S/c1-2-32-25-21(7-10-30-12-13-31-11-9-28)22(19-8-14-34-17-19)15-23(33-25)24(29)27-16-18-3-5-20(26)6-4-18/h3-6,8,14-15,17,21-22,25,28H,2,7,9-13,16H2,1H3,(H,27,29)/t21-,22+,25+/m0/s1. The van der Waals surface area contributed by atoms with E-state index in [9.17, 15) is 9.18 Å². The van der Waals surface area contributed by atoms with Gasteiger partial charge in [0.15, 0.2) is 5.76 Å². The Balaban J connectivity index is 1.67. The summed E-state index contributed by atoms with van der Waals surface area (Å²) in [7, 11) is 0. The number of aliphatic hydroxyl groups is 1. The first-order chi connectivity index (χ1) is 16.6. The molecule has 9 heteroatoms. The van der Waals surface area contributed by atoms with Crippen LogP contribution >= 0.6 is 11.3 Å². The highest BCUT2D eigenvalue weighted by molar-refractivity contribution is 7.08. The number of rotatable bonds is 14. The highest BCUT2D eigenvalue weighted by atomic mass is 32.1. The Labute approximate surface area is 203 Å². The summed E-state index contributed by atoms with van der Waals surface area (Å²) in [4.78, 5) is 12.9. The summed E-state index contributed by atoms with van der Waals surface area (Å²) in [6.07, 6.45) is 1.93. The zero-order chi connectivity index (χ0) is 24.2. The molecule has 34 heavy (non-hydrogen) atoms. The highest BCUT2D eigenvalue weighted by Crippen LogP contribution is 2.39. The van der Waals surface area contributed by atoms with E-state index in [2.05, 4.69) is 10.7 Å². The maximum absolute atomic E-state index is 13.1. The Morgan fingerprint density at radius 2 is 1.91 bits per heavy atom. The molecule has 7 nitrogen and oxygen atoms in total. The van der Waals surface area contributed by atoms with E-state index in [0.29, 0.717) is 39.5 Å². The van der Waals surface area contributed by atoms with Crippen LogP contribution in [0.5, 0.6) is 0 Å². The number of hydrogen-bond acceptors (Lipinski definition) is 7. The second-order valence-electron chi connectivity index (χ2n) is 7.76. The van der Waals surface area contributed by atoms with Crippen molar-refractivity contribution in [2.24, 2.45) is 5.92 Å². The molecule has 3 atom stereocenters. The van der Waals surface area contributed by atoms with Crippen LogP contribution in [0.3, 0.4) is 0 Å². The lowest BCUT2D eigenvalue weighted by molar-refractivity contribution is -0.168. The fourth-order valence-electron chi connectivity index (χ4n) is 3.76. The molecule has 3 rings (SSSR count). The van der Waals surface area contributed by atoms with E-state index < -0.39 is 6.29 Å². The van der Waals surface area contributed by atoms with Crippen molar-refractivity contribution in [1.29, 1.82) is 0 Å². The lowest BCUT2D eigenvalue weighted by atomic mass is 9.82. The highest BCUT2D eigenvalue weighted by Gasteiger charge is 2.38. The smallest absolute Gasteiger partial charge is 0.286 e. The van der Waals surface area contributed by atoms with Crippen LogP contribution in [0.1, 0.15) is 30.4 Å². The molecular formula is C25H32FNO6S. The first-order valence-electron chi connectivity index (χ1n) is 11.4. The molecule has 0 radical (unpaired) electrons. The number of benzene rings is 1. The summed E-state index contributed by atoms with van der Waals surface area (Å²) in [5.74, 6) is -0.561. The van der Waals surface area contributed by atoms with Crippen LogP contribution in [0.25, 0.3) is 0 Å². The molecule has 1 aliphatic rings. The van der Waals surface area contributed by atoms with Gasteiger partial charge in [-0.25, -0.2) is 4.39 Å². The minimum absolute atomic E-state index is 0.0100. The molecule has 0 fully saturated rings. The molecule has 0 saturated carbocycles. The van der Waals surface area contributed by atoms with Gasteiger partial charge in [-0.15, -0.1) is 0 Å². The van der Waals surface area contributed by atoms with Crippen molar-refractivity contribution in [3.05, 3.63) is 69.9 Å². The van der Waals surface area contributed by atoms with E-state index in [-0.39, 0.29) is 42.5 Å². The number of hydrogen-bond donors (Lipinski definition) is 2. The van der Waals surface area contributed by atoms with Crippen LogP contribution < -0.4 is 5.32 Å². The summed E-state index contributed by atoms with van der Waals surface area (Å²) >= 11 is 1.60. The maximum atomic E-state index is 13.1. The van der Waals surface area contributed by atoms with E-state index in [0.717, 1.165) is 11.1 Å². The molecule has 186 valence electrons. The molecular weight excluding hydrogens is 461 g/mol. The van der Waals surface area contributed by atoms with Crippen molar-refractivity contribution < 1.29 is 33.2 Å². The summed E-state index contributed by atoms with van der Waals surface area (Å²) in [5.41, 5.74) is 1.89. The largest absolute Gasteiger partial charge is 0.459 e. The van der Waals surface area contributed by atoms with Gasteiger partial charge in [-0.3, -0.25) is 4.79 Å². The third-order valence-corrected chi connectivity index (χ3v) is 6.14. The number of aliphatic hydroxyl groups excluding tert-OH is 1. The fourth-order valence-corrected chi connectivity index (χ4v) is 4.47. The third-order valence-electron chi connectivity index (χ3n) is 5.44. The Morgan fingerprint density at radius 1 is 1.15 bits per heavy atom. The van der Waals surface area contributed by atoms with Crippen LogP contribution in [0, 0.1) is 11.7 Å².